The second-order valence-corrected chi connectivity index (χ2v) is 10.9. The molecule has 1 aliphatic rings. The average Bonchev–Trinajstić information content (AvgIpc) is 3.50. The lowest BCUT2D eigenvalue weighted by molar-refractivity contribution is -0.151. The van der Waals surface area contributed by atoms with Gasteiger partial charge in [-0.3, -0.25) is 9.36 Å². The summed E-state index contributed by atoms with van der Waals surface area (Å²) in [7, 11) is 0. The number of fused-ring (bicyclic) bond motifs is 1. The van der Waals surface area contributed by atoms with Crippen LogP contribution in [0.2, 0.25) is 0 Å². The van der Waals surface area contributed by atoms with Gasteiger partial charge in [-0.1, -0.05) is 43.7 Å². The van der Waals surface area contributed by atoms with Crippen LogP contribution in [-0.2, 0) is 27.1 Å². The van der Waals surface area contributed by atoms with E-state index in [4.69, 9.17) is 9.47 Å². The van der Waals surface area contributed by atoms with Crippen LogP contribution in [0.25, 0.3) is 16.9 Å². The average molecular weight is 586 g/mol. The molecule has 2 aromatic carbocycles. The summed E-state index contributed by atoms with van der Waals surface area (Å²) in [5, 5.41) is 14.0. The van der Waals surface area contributed by atoms with Gasteiger partial charge in [0, 0.05) is 18.0 Å². The van der Waals surface area contributed by atoms with E-state index in [2.05, 4.69) is 23.1 Å². The van der Waals surface area contributed by atoms with Gasteiger partial charge in [-0.2, -0.15) is 15.3 Å². The zero-order valence-electron chi connectivity index (χ0n) is 24.6. The highest BCUT2D eigenvalue weighted by Gasteiger charge is 2.29. The molecule has 0 bridgehead atoms. The lowest BCUT2D eigenvalue weighted by Crippen LogP contribution is -2.35. The Hall–Kier alpha value is -4.36. The normalized spacial score (nSPS) is 16.7. The molecule has 0 saturated heterocycles. The second-order valence-electron chi connectivity index (χ2n) is 10.9. The fraction of sp³-hybridized carbons (Fsp3) is 0.424. The van der Waals surface area contributed by atoms with Crippen molar-refractivity contribution >= 4 is 11.7 Å². The molecular formula is C33H36FN5O4. The van der Waals surface area contributed by atoms with Crippen LogP contribution >= 0.6 is 0 Å². The van der Waals surface area contributed by atoms with E-state index >= 15 is 4.39 Å². The summed E-state index contributed by atoms with van der Waals surface area (Å²) >= 11 is 0. The predicted molar refractivity (Wildman–Crippen MR) is 159 cm³/mol. The fourth-order valence-corrected chi connectivity index (χ4v) is 5.92. The van der Waals surface area contributed by atoms with Gasteiger partial charge in [-0.25, -0.2) is 13.7 Å². The number of nitrogens with zero attached hydrogens (tertiary/aromatic N) is 5. The summed E-state index contributed by atoms with van der Waals surface area (Å²) < 4.78 is 29.8. The Morgan fingerprint density at radius 1 is 1.14 bits per heavy atom. The summed E-state index contributed by atoms with van der Waals surface area (Å²) in [6, 6.07) is 14.1. The molecule has 10 heteroatoms. The maximum Gasteiger partial charge on any atom is 0.332 e. The zero-order valence-corrected chi connectivity index (χ0v) is 24.6. The van der Waals surface area contributed by atoms with Gasteiger partial charge in [0.15, 0.2) is 0 Å². The number of aromatic nitrogens is 4. The molecule has 1 saturated carbocycles. The number of unbranched alkanes of at least 4 members (excludes halogenated alkanes) is 1. The summed E-state index contributed by atoms with van der Waals surface area (Å²) in [5.74, 6) is -0.330. The minimum absolute atomic E-state index is 0.0831. The predicted octanol–water partition coefficient (Wildman–Crippen LogP) is 5.57. The standard InChI is InChI=1S/C33H36FN5O4/c1-3-5-10-30-28(17-23-12-11-22(18-29(23)34)27-9-7-6-8-24(27)19-35)32(41)38(33-36-21-37-39(30)33)25-13-15-26(16-14-25)43-20-31(40)42-4-2/h6-9,11-12,18,21,25-26H,3-5,10,13-17,20H2,1-2H3. The molecular weight excluding hydrogens is 549 g/mol. The zero-order chi connectivity index (χ0) is 30.3. The SMILES string of the molecule is CCCCc1c(Cc2ccc(-c3ccccc3C#N)cc2F)c(=O)n(C2CCC(OCC(=O)OCC)CC2)c2ncnn12. The molecule has 0 spiro atoms. The summed E-state index contributed by atoms with van der Waals surface area (Å²) in [4.78, 5) is 30.4. The Morgan fingerprint density at radius 2 is 1.93 bits per heavy atom. The maximum absolute atomic E-state index is 15.6. The van der Waals surface area contributed by atoms with Crippen molar-refractivity contribution in [3.8, 4) is 17.2 Å². The number of carbonyl (C=O) groups excluding carboxylic acids is 1. The first-order valence-electron chi connectivity index (χ1n) is 15.0. The van der Waals surface area contributed by atoms with Crippen LogP contribution in [0.5, 0.6) is 0 Å². The smallest absolute Gasteiger partial charge is 0.332 e. The van der Waals surface area contributed by atoms with Crippen molar-refractivity contribution in [1.29, 1.82) is 5.26 Å². The van der Waals surface area contributed by atoms with Crippen LogP contribution in [0.4, 0.5) is 4.39 Å². The topological polar surface area (TPSA) is 112 Å². The van der Waals surface area contributed by atoms with Gasteiger partial charge in [-0.05, 0) is 74.3 Å². The molecule has 0 unspecified atom stereocenters. The number of hydrogen-bond acceptors (Lipinski definition) is 7. The van der Waals surface area contributed by atoms with Gasteiger partial charge < -0.3 is 9.47 Å². The number of hydrogen-bond donors (Lipinski definition) is 0. The molecule has 4 aromatic rings. The molecule has 0 radical (unpaired) electrons. The van der Waals surface area contributed by atoms with Crippen LogP contribution < -0.4 is 5.56 Å². The third-order valence-electron chi connectivity index (χ3n) is 8.12. The first-order valence-corrected chi connectivity index (χ1v) is 15.0. The van der Waals surface area contributed by atoms with Crippen LogP contribution in [0.15, 0.2) is 53.6 Å². The van der Waals surface area contributed by atoms with Crippen molar-refractivity contribution < 1.29 is 18.7 Å². The molecule has 5 rings (SSSR count). The molecule has 0 aliphatic heterocycles. The van der Waals surface area contributed by atoms with E-state index < -0.39 is 5.82 Å². The van der Waals surface area contributed by atoms with Crippen LogP contribution in [-0.4, -0.2) is 44.5 Å². The van der Waals surface area contributed by atoms with Gasteiger partial charge in [0.05, 0.1) is 30.0 Å². The molecule has 224 valence electrons. The van der Waals surface area contributed by atoms with E-state index in [-0.39, 0.29) is 36.7 Å². The molecule has 9 nitrogen and oxygen atoms in total. The van der Waals surface area contributed by atoms with E-state index in [1.165, 1.54) is 12.4 Å². The molecule has 0 N–H and O–H groups in total. The molecule has 0 amide bonds. The van der Waals surface area contributed by atoms with Gasteiger partial charge >= 0.3 is 5.97 Å². The Kier molecular flexibility index (Phi) is 9.62. The van der Waals surface area contributed by atoms with Crippen molar-refractivity contribution in [1.82, 2.24) is 19.2 Å². The third kappa shape index (κ3) is 6.52. The van der Waals surface area contributed by atoms with Gasteiger partial charge in [0.1, 0.15) is 18.8 Å². The summed E-state index contributed by atoms with van der Waals surface area (Å²) in [5.41, 5.74) is 3.22. The number of esters is 1. The van der Waals surface area contributed by atoms with Crippen LogP contribution in [0, 0.1) is 17.1 Å². The van der Waals surface area contributed by atoms with Crippen LogP contribution in [0.3, 0.4) is 0 Å². The molecule has 43 heavy (non-hydrogen) atoms. The third-order valence-corrected chi connectivity index (χ3v) is 8.12. The highest BCUT2D eigenvalue weighted by Crippen LogP contribution is 2.31. The summed E-state index contributed by atoms with van der Waals surface area (Å²) in [6.45, 7) is 4.07. The Balaban J connectivity index is 1.47. The van der Waals surface area contributed by atoms with Crippen molar-refractivity contribution in [2.45, 2.75) is 77.4 Å². The largest absolute Gasteiger partial charge is 0.464 e. The highest BCUT2D eigenvalue weighted by molar-refractivity contribution is 5.71. The Labute approximate surface area is 249 Å². The molecule has 0 atom stereocenters. The Bertz CT molecular complexity index is 1700. The first kappa shape index (κ1) is 30.1. The minimum Gasteiger partial charge on any atom is -0.464 e. The first-order chi connectivity index (χ1) is 20.9. The lowest BCUT2D eigenvalue weighted by atomic mass is 9.92. The van der Waals surface area contributed by atoms with E-state index in [9.17, 15) is 14.9 Å². The number of benzene rings is 2. The quantitative estimate of drug-likeness (QED) is 0.212. The molecule has 1 aliphatic carbocycles. The van der Waals surface area contributed by atoms with Crippen molar-refractivity contribution in [2.24, 2.45) is 0 Å². The summed E-state index contributed by atoms with van der Waals surface area (Å²) in [6.07, 6.45) is 6.58. The van der Waals surface area contributed by atoms with Crippen molar-refractivity contribution in [2.75, 3.05) is 13.2 Å². The van der Waals surface area contributed by atoms with E-state index in [0.29, 0.717) is 72.3 Å². The van der Waals surface area contributed by atoms with Crippen LogP contribution in [0.1, 0.15) is 80.8 Å². The molecule has 1 fully saturated rings. The lowest BCUT2D eigenvalue weighted by Gasteiger charge is -2.30. The van der Waals surface area contributed by atoms with E-state index in [1.54, 1.807) is 46.3 Å². The Morgan fingerprint density at radius 3 is 2.65 bits per heavy atom. The highest BCUT2D eigenvalue weighted by atomic mass is 19.1. The van der Waals surface area contributed by atoms with E-state index in [1.807, 2.05) is 6.07 Å². The van der Waals surface area contributed by atoms with Crippen molar-refractivity contribution in [3.63, 3.8) is 0 Å². The molecule has 2 heterocycles. The minimum atomic E-state index is -0.435. The number of carbonyl (C=O) groups is 1. The number of ether oxygens (including phenoxy) is 2. The molecule has 2 aromatic heterocycles. The number of nitriles is 1. The number of halogens is 1. The van der Waals surface area contributed by atoms with Crippen molar-refractivity contribution in [3.05, 3.63) is 87.3 Å². The van der Waals surface area contributed by atoms with E-state index in [0.717, 1.165) is 18.5 Å². The van der Waals surface area contributed by atoms with Gasteiger partial charge in [0.25, 0.3) is 5.56 Å². The number of rotatable bonds is 11. The second kappa shape index (κ2) is 13.7. The number of aryl methyl sites for hydroxylation is 1. The maximum atomic E-state index is 15.6. The fourth-order valence-electron chi connectivity index (χ4n) is 5.92. The monoisotopic (exact) mass is 585 g/mol. The van der Waals surface area contributed by atoms with Gasteiger partial charge in [0.2, 0.25) is 5.78 Å². The van der Waals surface area contributed by atoms with Gasteiger partial charge in [-0.15, -0.1) is 0 Å².